The Morgan fingerprint density at radius 1 is 1.67 bits per heavy atom. The van der Waals surface area contributed by atoms with Crippen LogP contribution in [0.5, 0.6) is 0 Å². The highest BCUT2D eigenvalue weighted by Gasteiger charge is 2.25. The summed E-state index contributed by atoms with van der Waals surface area (Å²) in [7, 11) is -3.82. The van der Waals surface area contributed by atoms with E-state index in [-0.39, 0.29) is 0 Å². The van der Waals surface area contributed by atoms with Crippen LogP contribution < -0.4 is 5.73 Å². The van der Waals surface area contributed by atoms with Crippen LogP contribution in [0, 0.1) is 0 Å². The molecule has 12 heavy (non-hydrogen) atoms. The van der Waals surface area contributed by atoms with Crippen LogP contribution in [0.3, 0.4) is 0 Å². The maximum atomic E-state index is 10.9. The molecule has 0 rings (SSSR count). The molecule has 3 atom stereocenters. The van der Waals surface area contributed by atoms with Gasteiger partial charge in [0.15, 0.2) is 0 Å². The van der Waals surface area contributed by atoms with E-state index in [0.717, 1.165) is 0 Å². The molecular formula is C5H14NO5P. The van der Waals surface area contributed by atoms with Crippen LogP contribution >= 0.6 is 7.60 Å². The molecule has 0 radical (unpaired) electrons. The molecule has 0 aromatic carbocycles. The Morgan fingerprint density at radius 3 is 2.50 bits per heavy atom. The molecule has 0 aliphatic carbocycles. The molecule has 0 heterocycles. The Labute approximate surface area is 70.5 Å². The topological polar surface area (TPSA) is 113 Å². The summed E-state index contributed by atoms with van der Waals surface area (Å²) in [6.45, 7) is 0.414. The summed E-state index contributed by atoms with van der Waals surface area (Å²) in [6, 6.07) is 0. The number of aliphatic hydroxyl groups is 2. The minimum Gasteiger partial charge on any atom is -0.394 e. The number of nitrogens with two attached hydrogens (primary N) is 1. The smallest absolute Gasteiger partial charge is 0.344 e. The minimum absolute atomic E-state index is 0.397. The van der Waals surface area contributed by atoms with E-state index >= 15 is 0 Å². The first-order valence-corrected chi connectivity index (χ1v) is 5.06. The Balaban J connectivity index is 3.84. The summed E-state index contributed by atoms with van der Waals surface area (Å²) < 4.78 is 15.4. The Kier molecular flexibility index (Phi) is 4.92. The average Bonchev–Trinajstić information content (AvgIpc) is 2.00. The molecule has 0 aromatic rings. The van der Waals surface area contributed by atoms with Crippen molar-refractivity contribution in [2.45, 2.75) is 18.8 Å². The van der Waals surface area contributed by atoms with Gasteiger partial charge in [0.25, 0.3) is 0 Å². The molecule has 7 heteroatoms. The van der Waals surface area contributed by atoms with E-state index in [2.05, 4.69) is 4.52 Å². The Hall–Kier alpha value is 0.0300. The van der Waals surface area contributed by atoms with Gasteiger partial charge in [-0.2, -0.15) is 0 Å². The van der Waals surface area contributed by atoms with Gasteiger partial charge in [0.05, 0.1) is 13.2 Å². The summed E-state index contributed by atoms with van der Waals surface area (Å²) in [6.07, 6.45) is -1.15. The lowest BCUT2D eigenvalue weighted by molar-refractivity contribution is 0.0489. The summed E-state index contributed by atoms with van der Waals surface area (Å²) >= 11 is 0. The van der Waals surface area contributed by atoms with Gasteiger partial charge in [-0.1, -0.05) is 0 Å². The molecule has 0 saturated heterocycles. The van der Waals surface area contributed by atoms with Gasteiger partial charge in [-0.3, -0.25) is 4.57 Å². The Bertz CT molecular complexity index is 173. The fourth-order valence-electron chi connectivity index (χ4n) is 0.363. The highest BCUT2D eigenvalue weighted by atomic mass is 31.2. The summed E-state index contributed by atoms with van der Waals surface area (Å²) in [4.78, 5) is 8.95. The lowest BCUT2D eigenvalue weighted by Crippen LogP contribution is -2.23. The normalized spacial score (nSPS) is 21.4. The molecule has 0 aliphatic rings. The van der Waals surface area contributed by atoms with Crippen LogP contribution in [0.25, 0.3) is 0 Å². The first-order chi connectivity index (χ1) is 5.40. The maximum Gasteiger partial charge on any atom is 0.344 e. The van der Waals surface area contributed by atoms with Gasteiger partial charge < -0.3 is 25.4 Å². The van der Waals surface area contributed by atoms with Crippen LogP contribution in [0.15, 0.2) is 0 Å². The molecule has 0 aromatic heterocycles. The lowest BCUT2D eigenvalue weighted by Gasteiger charge is -2.16. The molecule has 0 bridgehead atoms. The van der Waals surface area contributed by atoms with Gasteiger partial charge in [-0.25, -0.2) is 0 Å². The van der Waals surface area contributed by atoms with Gasteiger partial charge in [-0.15, -0.1) is 0 Å². The molecule has 0 saturated carbocycles. The van der Waals surface area contributed by atoms with Crippen molar-refractivity contribution >= 4 is 7.60 Å². The third-order valence-electron chi connectivity index (χ3n) is 1.18. The highest BCUT2D eigenvalue weighted by Crippen LogP contribution is 2.44. The first kappa shape index (κ1) is 12.0. The van der Waals surface area contributed by atoms with Gasteiger partial charge in [0, 0.05) is 0 Å². The van der Waals surface area contributed by atoms with Gasteiger partial charge in [0.1, 0.15) is 11.9 Å². The predicted octanol–water partition coefficient (Wildman–Crippen LogP) is -1.15. The van der Waals surface area contributed by atoms with Gasteiger partial charge in [-0.05, 0) is 6.92 Å². The zero-order valence-electron chi connectivity index (χ0n) is 6.75. The van der Waals surface area contributed by atoms with Crippen LogP contribution in [0.1, 0.15) is 6.92 Å². The zero-order chi connectivity index (χ0) is 9.78. The molecule has 74 valence electrons. The van der Waals surface area contributed by atoms with Gasteiger partial charge >= 0.3 is 7.60 Å². The van der Waals surface area contributed by atoms with Crippen molar-refractivity contribution in [2.24, 2.45) is 5.73 Å². The van der Waals surface area contributed by atoms with Crippen LogP contribution in [-0.2, 0) is 9.09 Å². The fraction of sp³-hybridized carbons (Fsp3) is 1.00. The van der Waals surface area contributed by atoms with Crippen molar-refractivity contribution in [3.05, 3.63) is 0 Å². The SMILES string of the molecule is CC(N)P(=O)(O)OC[C@H](O)CO. The van der Waals surface area contributed by atoms with Crippen molar-refractivity contribution in [1.29, 1.82) is 0 Å². The molecule has 2 unspecified atom stereocenters. The number of hydrogen-bond acceptors (Lipinski definition) is 5. The largest absolute Gasteiger partial charge is 0.394 e. The molecule has 0 spiro atoms. The average molecular weight is 199 g/mol. The molecule has 6 nitrogen and oxygen atoms in total. The molecular weight excluding hydrogens is 185 g/mol. The van der Waals surface area contributed by atoms with Crippen molar-refractivity contribution in [3.63, 3.8) is 0 Å². The lowest BCUT2D eigenvalue weighted by atomic mass is 10.4. The van der Waals surface area contributed by atoms with E-state index in [4.69, 9.17) is 20.8 Å². The van der Waals surface area contributed by atoms with Crippen molar-refractivity contribution in [2.75, 3.05) is 13.2 Å². The molecule has 0 amide bonds. The van der Waals surface area contributed by atoms with Gasteiger partial charge in [0.2, 0.25) is 0 Å². The zero-order valence-corrected chi connectivity index (χ0v) is 7.65. The van der Waals surface area contributed by atoms with E-state index in [1.807, 2.05) is 0 Å². The summed E-state index contributed by atoms with van der Waals surface area (Å²) in [5.74, 6) is -0.997. The van der Waals surface area contributed by atoms with Crippen molar-refractivity contribution in [1.82, 2.24) is 0 Å². The maximum absolute atomic E-state index is 10.9. The van der Waals surface area contributed by atoms with E-state index in [1.54, 1.807) is 0 Å². The number of hydrogen-bond donors (Lipinski definition) is 4. The second-order valence-corrected chi connectivity index (χ2v) is 4.64. The third kappa shape index (κ3) is 4.15. The molecule has 5 N–H and O–H groups in total. The monoisotopic (exact) mass is 199 g/mol. The Morgan fingerprint density at radius 2 is 2.17 bits per heavy atom. The summed E-state index contributed by atoms with van der Waals surface area (Å²) in [5, 5.41) is 17.1. The second kappa shape index (κ2) is 4.91. The minimum atomic E-state index is -3.82. The molecule has 0 aliphatic heterocycles. The number of aliphatic hydroxyl groups excluding tert-OH is 2. The fourth-order valence-corrected chi connectivity index (χ4v) is 0.984. The highest BCUT2D eigenvalue weighted by molar-refractivity contribution is 7.53. The predicted molar refractivity (Wildman–Crippen MR) is 42.5 cm³/mol. The van der Waals surface area contributed by atoms with E-state index in [1.165, 1.54) is 6.92 Å². The van der Waals surface area contributed by atoms with Crippen LogP contribution in [0.4, 0.5) is 0 Å². The van der Waals surface area contributed by atoms with E-state index < -0.39 is 32.7 Å². The van der Waals surface area contributed by atoms with Crippen molar-refractivity contribution < 1.29 is 24.2 Å². The second-order valence-electron chi connectivity index (χ2n) is 2.44. The van der Waals surface area contributed by atoms with Crippen LogP contribution in [0.2, 0.25) is 0 Å². The van der Waals surface area contributed by atoms with E-state index in [0.29, 0.717) is 0 Å². The molecule has 0 fully saturated rings. The summed E-state index contributed by atoms with van der Waals surface area (Å²) in [5.41, 5.74) is 5.12. The van der Waals surface area contributed by atoms with E-state index in [9.17, 15) is 4.57 Å². The quantitative estimate of drug-likeness (QED) is 0.416. The third-order valence-corrected chi connectivity index (χ3v) is 2.73. The standard InChI is InChI=1S/C5H14NO5P/c1-4(6)12(9,10)11-3-5(8)2-7/h4-5,7-8H,2-3,6H2,1H3,(H,9,10)/t4?,5-/m1/s1. The number of rotatable bonds is 5. The van der Waals surface area contributed by atoms with Crippen LogP contribution in [-0.4, -0.2) is 40.2 Å². The first-order valence-electron chi connectivity index (χ1n) is 3.41. The van der Waals surface area contributed by atoms with Crippen molar-refractivity contribution in [3.8, 4) is 0 Å².